The van der Waals surface area contributed by atoms with E-state index < -0.39 is 22.3 Å². The number of aliphatic imine (C=N–C) groups is 1. The number of carboxylic acids is 1. The molecular weight excluding hydrogens is 325 g/mol. The number of halogens is 2. The predicted octanol–water partition coefficient (Wildman–Crippen LogP) is 2.48. The number of carbonyl (C=O) groups excluding carboxylic acids is 1. The van der Waals surface area contributed by atoms with Gasteiger partial charge in [-0.15, -0.1) is 25.3 Å². The number of rotatable bonds is 1. The van der Waals surface area contributed by atoms with Crippen LogP contribution in [0.4, 0.5) is 4.39 Å². The zero-order valence-corrected chi connectivity index (χ0v) is 12.1. The van der Waals surface area contributed by atoms with E-state index in [1.54, 1.807) is 0 Å². The van der Waals surface area contributed by atoms with Crippen molar-refractivity contribution in [1.29, 1.82) is 0 Å². The highest BCUT2D eigenvalue weighted by Crippen LogP contribution is 2.47. The summed E-state index contributed by atoms with van der Waals surface area (Å²) < 4.78 is 11.4. The lowest BCUT2D eigenvalue weighted by Gasteiger charge is -2.36. The van der Waals surface area contributed by atoms with Crippen LogP contribution in [0.5, 0.6) is 0 Å². The summed E-state index contributed by atoms with van der Waals surface area (Å²) in [4.78, 5) is 27.6. The van der Waals surface area contributed by atoms with E-state index in [2.05, 4.69) is 30.2 Å². The molecule has 0 radical (unpaired) electrons. The number of allylic oxidation sites excluding steroid dienone is 1. The van der Waals surface area contributed by atoms with Gasteiger partial charge in [0.2, 0.25) is 4.75 Å². The zero-order chi connectivity index (χ0) is 14.8. The minimum absolute atomic E-state index is 0.00138. The first-order chi connectivity index (χ1) is 9.28. The van der Waals surface area contributed by atoms with Crippen molar-refractivity contribution in [2.24, 2.45) is 4.99 Å². The van der Waals surface area contributed by atoms with E-state index >= 15 is 0 Å². The lowest BCUT2D eigenvalue weighted by molar-refractivity contribution is -0.136. The Balaban J connectivity index is 2.35. The number of carbonyl (C=O) groups is 2. The van der Waals surface area contributed by atoms with E-state index in [9.17, 15) is 19.1 Å². The van der Waals surface area contributed by atoms with Crippen LogP contribution in [0.25, 0.3) is 5.57 Å². The maximum absolute atomic E-state index is 13.6. The van der Waals surface area contributed by atoms with E-state index in [0.717, 1.165) is 6.07 Å². The predicted molar refractivity (Wildman–Crippen MR) is 78.4 cm³/mol. The fraction of sp³-hybridized carbons (Fsp3) is 0.0833. The van der Waals surface area contributed by atoms with Crippen molar-refractivity contribution >= 4 is 59.9 Å². The summed E-state index contributed by atoms with van der Waals surface area (Å²) in [5, 5.41) is 9.37. The van der Waals surface area contributed by atoms with Crippen molar-refractivity contribution < 1.29 is 19.1 Å². The first kappa shape index (κ1) is 13.7. The third kappa shape index (κ3) is 1.48. The van der Waals surface area contributed by atoms with Crippen molar-refractivity contribution in [3.63, 3.8) is 0 Å². The number of hydrogen-bond donors (Lipinski definition) is 3. The minimum Gasteiger partial charge on any atom is -0.480 e. The van der Waals surface area contributed by atoms with Gasteiger partial charge < -0.3 is 5.11 Å². The molecular formula is C12H5ClFNO3S2. The van der Waals surface area contributed by atoms with Gasteiger partial charge in [0.05, 0.1) is 10.7 Å². The summed E-state index contributed by atoms with van der Waals surface area (Å²) in [6.07, 6.45) is 0. The number of hydrogen-bond acceptors (Lipinski definition) is 5. The SMILES string of the molecule is O=C(O)C1(S)C(=O)c2cc(F)c(Cl)cc2C2=C(S)N=C21. The van der Waals surface area contributed by atoms with Gasteiger partial charge in [0, 0.05) is 11.1 Å². The molecule has 1 unspecified atom stereocenters. The monoisotopic (exact) mass is 329 g/mol. The fourth-order valence-electron chi connectivity index (χ4n) is 2.22. The van der Waals surface area contributed by atoms with E-state index in [4.69, 9.17) is 11.6 Å². The summed E-state index contributed by atoms with van der Waals surface area (Å²) in [5.41, 5.74) is 0.590. The maximum Gasteiger partial charge on any atom is 0.333 e. The van der Waals surface area contributed by atoms with Crippen molar-refractivity contribution in [3.8, 4) is 0 Å². The number of nitrogens with zero attached hydrogens (tertiary/aromatic N) is 1. The van der Waals surface area contributed by atoms with Gasteiger partial charge in [0.1, 0.15) is 10.8 Å². The molecule has 1 heterocycles. The van der Waals surface area contributed by atoms with E-state index in [1.807, 2.05) is 0 Å². The minimum atomic E-state index is -2.13. The molecule has 0 fully saturated rings. The van der Waals surface area contributed by atoms with Crippen molar-refractivity contribution in [3.05, 3.63) is 39.1 Å². The number of aliphatic carboxylic acids is 1. The van der Waals surface area contributed by atoms with Crippen LogP contribution in [-0.2, 0) is 4.79 Å². The second kappa shape index (κ2) is 4.09. The lowest BCUT2D eigenvalue weighted by Crippen LogP contribution is -2.54. The van der Waals surface area contributed by atoms with Crippen LogP contribution in [0.2, 0.25) is 5.02 Å². The topological polar surface area (TPSA) is 66.7 Å². The van der Waals surface area contributed by atoms with Gasteiger partial charge in [-0.05, 0) is 17.7 Å². The standard InChI is InChI=1S/C12H5ClFNO3S2/c13-5-1-3-4(2-6(5)14)9(16)12(20,11(17)18)8-7(3)10(19)15-8/h1-2,20H,(H,15,19)(H,17,18). The molecule has 20 heavy (non-hydrogen) atoms. The number of fused-ring (bicyclic) bond motifs is 3. The molecule has 0 saturated heterocycles. The maximum atomic E-state index is 13.6. The van der Waals surface area contributed by atoms with Crippen LogP contribution in [0.15, 0.2) is 22.2 Å². The van der Waals surface area contributed by atoms with Crippen molar-refractivity contribution in [2.45, 2.75) is 4.75 Å². The number of Topliss-reactive ketones (excluding diaryl/α,β-unsaturated/α-hetero) is 1. The molecule has 0 saturated carbocycles. The summed E-state index contributed by atoms with van der Waals surface area (Å²) in [6.45, 7) is 0. The second-order valence-electron chi connectivity index (χ2n) is 4.32. The van der Waals surface area contributed by atoms with Crippen molar-refractivity contribution in [1.82, 2.24) is 0 Å². The van der Waals surface area contributed by atoms with Gasteiger partial charge >= 0.3 is 5.97 Å². The fourth-order valence-corrected chi connectivity index (χ4v) is 3.00. The third-order valence-corrected chi connectivity index (χ3v) is 4.45. The Labute approximate surface area is 128 Å². The summed E-state index contributed by atoms with van der Waals surface area (Å²) >= 11 is 13.8. The van der Waals surface area contributed by atoms with Gasteiger partial charge in [-0.3, -0.25) is 4.79 Å². The van der Waals surface area contributed by atoms with Gasteiger partial charge in [-0.1, -0.05) is 11.6 Å². The van der Waals surface area contributed by atoms with Gasteiger partial charge in [0.25, 0.3) is 0 Å². The van der Waals surface area contributed by atoms with Crippen LogP contribution in [-0.4, -0.2) is 27.3 Å². The van der Waals surface area contributed by atoms with Crippen molar-refractivity contribution in [2.75, 3.05) is 0 Å². The van der Waals surface area contributed by atoms with Gasteiger partial charge in [0.15, 0.2) is 5.78 Å². The summed E-state index contributed by atoms with van der Waals surface area (Å²) in [7, 11) is 0. The molecule has 0 bridgehead atoms. The molecule has 0 spiro atoms. The lowest BCUT2D eigenvalue weighted by atomic mass is 9.75. The van der Waals surface area contributed by atoms with Crippen LogP contribution in [0, 0.1) is 5.82 Å². The molecule has 8 heteroatoms. The Hall–Kier alpha value is -1.31. The average Bonchev–Trinajstić information content (AvgIpc) is 2.36. The highest BCUT2D eigenvalue weighted by molar-refractivity contribution is 7.86. The first-order valence-corrected chi connectivity index (χ1v) is 6.58. The molecule has 1 aliphatic carbocycles. The molecule has 0 aromatic heterocycles. The molecule has 0 amide bonds. The largest absolute Gasteiger partial charge is 0.480 e. The molecule has 3 rings (SSSR count). The number of benzene rings is 1. The normalized spacial score (nSPS) is 23.8. The molecule has 4 nitrogen and oxygen atoms in total. The van der Waals surface area contributed by atoms with E-state index in [0.29, 0.717) is 11.1 Å². The highest BCUT2D eigenvalue weighted by atomic mass is 35.5. The Morgan fingerprint density at radius 3 is 2.60 bits per heavy atom. The Morgan fingerprint density at radius 2 is 2.05 bits per heavy atom. The van der Waals surface area contributed by atoms with E-state index in [-0.39, 0.29) is 21.3 Å². The third-order valence-electron chi connectivity index (χ3n) is 3.23. The quantitative estimate of drug-likeness (QED) is 0.548. The molecule has 1 aliphatic heterocycles. The van der Waals surface area contributed by atoms with Crippen LogP contribution >= 0.6 is 36.9 Å². The summed E-state index contributed by atoms with van der Waals surface area (Å²) in [6, 6.07) is 2.18. The van der Waals surface area contributed by atoms with Crippen LogP contribution < -0.4 is 0 Å². The highest BCUT2D eigenvalue weighted by Gasteiger charge is 2.56. The average molecular weight is 330 g/mol. The van der Waals surface area contributed by atoms with Crippen LogP contribution in [0.1, 0.15) is 15.9 Å². The molecule has 1 N–H and O–H groups in total. The Morgan fingerprint density at radius 1 is 1.40 bits per heavy atom. The smallest absolute Gasteiger partial charge is 0.333 e. The molecule has 102 valence electrons. The molecule has 1 aromatic carbocycles. The van der Waals surface area contributed by atoms with E-state index in [1.165, 1.54) is 6.07 Å². The number of carboxylic acid groups (broad SMARTS) is 1. The second-order valence-corrected chi connectivity index (χ2v) is 5.82. The number of ketones is 1. The Bertz CT molecular complexity index is 774. The molecule has 1 atom stereocenters. The van der Waals surface area contributed by atoms with Gasteiger partial charge in [-0.2, -0.15) is 0 Å². The zero-order valence-electron chi connectivity index (χ0n) is 9.52. The molecule has 1 aromatic rings. The Kier molecular flexibility index (Phi) is 2.80. The molecule has 2 aliphatic rings. The summed E-state index contributed by atoms with van der Waals surface area (Å²) in [5.74, 6) is -3.12. The van der Waals surface area contributed by atoms with Crippen LogP contribution in [0.3, 0.4) is 0 Å². The van der Waals surface area contributed by atoms with Gasteiger partial charge in [-0.25, -0.2) is 14.2 Å². The first-order valence-electron chi connectivity index (χ1n) is 5.31. The number of thiol groups is 2.